The number of benzene rings is 1. The highest BCUT2D eigenvalue weighted by Gasteiger charge is 2.33. The molecule has 1 aromatic rings. The van der Waals surface area contributed by atoms with E-state index in [9.17, 15) is 5.11 Å². The molecular formula is C11H15BrN2O. The number of anilines is 2. The minimum atomic E-state index is -0.514. The Morgan fingerprint density at radius 2 is 2.20 bits per heavy atom. The van der Waals surface area contributed by atoms with Gasteiger partial charge in [-0.25, -0.2) is 0 Å². The van der Waals surface area contributed by atoms with Crippen molar-refractivity contribution in [1.29, 1.82) is 0 Å². The molecule has 0 radical (unpaired) electrons. The third kappa shape index (κ3) is 2.44. The number of aliphatic hydroxyl groups is 1. The molecule has 1 saturated carbocycles. The molecule has 4 N–H and O–H groups in total. The van der Waals surface area contributed by atoms with Crippen LogP contribution in [0.5, 0.6) is 0 Å². The first-order chi connectivity index (χ1) is 7.09. The van der Waals surface area contributed by atoms with Gasteiger partial charge in [-0.05, 0) is 37.5 Å². The number of hydrogen-bond acceptors (Lipinski definition) is 3. The summed E-state index contributed by atoms with van der Waals surface area (Å²) in [5.41, 5.74) is 6.91. The molecule has 0 amide bonds. The van der Waals surface area contributed by atoms with Gasteiger partial charge in [0.15, 0.2) is 0 Å². The zero-order valence-corrected chi connectivity index (χ0v) is 10.0. The van der Waals surface area contributed by atoms with Crippen LogP contribution in [0.1, 0.15) is 19.3 Å². The summed E-state index contributed by atoms with van der Waals surface area (Å²) in [5.74, 6) is 0. The van der Waals surface area contributed by atoms with Gasteiger partial charge in [0.1, 0.15) is 0 Å². The third-order valence-corrected chi connectivity index (χ3v) is 3.40. The van der Waals surface area contributed by atoms with Gasteiger partial charge < -0.3 is 16.2 Å². The molecule has 0 saturated heterocycles. The highest BCUT2D eigenvalue weighted by Crippen LogP contribution is 2.32. The molecular weight excluding hydrogens is 256 g/mol. The van der Waals surface area contributed by atoms with Crippen molar-refractivity contribution in [3.05, 3.63) is 22.7 Å². The fourth-order valence-electron chi connectivity index (χ4n) is 1.72. The van der Waals surface area contributed by atoms with E-state index in [4.69, 9.17) is 5.73 Å². The molecule has 3 nitrogen and oxygen atoms in total. The van der Waals surface area contributed by atoms with Gasteiger partial charge in [-0.3, -0.25) is 0 Å². The van der Waals surface area contributed by atoms with Gasteiger partial charge in [-0.1, -0.05) is 15.9 Å². The van der Waals surface area contributed by atoms with Crippen molar-refractivity contribution < 1.29 is 5.11 Å². The standard InChI is InChI=1S/C11H15BrN2O/c12-8-2-3-10(9(13)6-8)14-7-11(15)4-1-5-11/h2-3,6,14-15H,1,4-5,7,13H2. The van der Waals surface area contributed by atoms with Gasteiger partial charge in [-0.2, -0.15) is 0 Å². The third-order valence-electron chi connectivity index (χ3n) is 2.91. The van der Waals surface area contributed by atoms with Crippen molar-refractivity contribution in [2.75, 3.05) is 17.6 Å². The molecule has 1 aliphatic carbocycles. The molecule has 0 spiro atoms. The summed E-state index contributed by atoms with van der Waals surface area (Å²) in [6.07, 6.45) is 2.89. The van der Waals surface area contributed by atoms with Crippen molar-refractivity contribution in [2.45, 2.75) is 24.9 Å². The summed E-state index contributed by atoms with van der Waals surface area (Å²) in [4.78, 5) is 0. The van der Waals surface area contributed by atoms with Crippen LogP contribution in [-0.4, -0.2) is 17.3 Å². The minimum absolute atomic E-state index is 0.514. The van der Waals surface area contributed by atoms with E-state index in [0.717, 1.165) is 29.4 Å². The maximum atomic E-state index is 9.90. The largest absolute Gasteiger partial charge is 0.397 e. The predicted molar refractivity (Wildman–Crippen MR) is 65.8 cm³/mol. The van der Waals surface area contributed by atoms with Crippen LogP contribution < -0.4 is 11.1 Å². The average molecular weight is 271 g/mol. The maximum absolute atomic E-state index is 9.90. The number of nitrogens with two attached hydrogens (primary N) is 1. The zero-order chi connectivity index (χ0) is 10.9. The molecule has 0 atom stereocenters. The Bertz CT molecular complexity index is 364. The number of hydrogen-bond donors (Lipinski definition) is 3. The Morgan fingerprint density at radius 1 is 1.47 bits per heavy atom. The highest BCUT2D eigenvalue weighted by molar-refractivity contribution is 9.10. The zero-order valence-electron chi connectivity index (χ0n) is 8.46. The summed E-state index contributed by atoms with van der Waals surface area (Å²) in [7, 11) is 0. The molecule has 15 heavy (non-hydrogen) atoms. The van der Waals surface area contributed by atoms with E-state index in [2.05, 4.69) is 21.2 Å². The molecule has 1 aromatic carbocycles. The second-order valence-electron chi connectivity index (χ2n) is 4.16. The van der Waals surface area contributed by atoms with Crippen LogP contribution in [0, 0.1) is 0 Å². The molecule has 2 rings (SSSR count). The first-order valence-corrected chi connectivity index (χ1v) is 5.90. The SMILES string of the molecule is Nc1cc(Br)ccc1NCC1(O)CCC1. The van der Waals surface area contributed by atoms with Crippen LogP contribution in [0.2, 0.25) is 0 Å². The van der Waals surface area contributed by atoms with Gasteiger partial charge in [0.2, 0.25) is 0 Å². The Kier molecular flexibility index (Phi) is 2.89. The van der Waals surface area contributed by atoms with Crippen LogP contribution >= 0.6 is 15.9 Å². The molecule has 0 unspecified atom stereocenters. The first kappa shape index (κ1) is 10.8. The lowest BCUT2D eigenvalue weighted by atomic mass is 9.80. The van der Waals surface area contributed by atoms with E-state index in [-0.39, 0.29) is 0 Å². The monoisotopic (exact) mass is 270 g/mol. The van der Waals surface area contributed by atoms with Crippen LogP contribution in [0.4, 0.5) is 11.4 Å². The Labute approximate surface area is 97.8 Å². The molecule has 0 bridgehead atoms. The average Bonchev–Trinajstić information content (AvgIpc) is 2.14. The molecule has 1 aliphatic rings. The second kappa shape index (κ2) is 4.02. The van der Waals surface area contributed by atoms with Crippen molar-refractivity contribution in [3.8, 4) is 0 Å². The van der Waals surface area contributed by atoms with Crippen molar-refractivity contribution >= 4 is 27.3 Å². The van der Waals surface area contributed by atoms with Crippen molar-refractivity contribution in [2.24, 2.45) is 0 Å². The lowest BCUT2D eigenvalue weighted by Gasteiger charge is -2.37. The number of nitrogen functional groups attached to an aromatic ring is 1. The van der Waals surface area contributed by atoms with Crippen molar-refractivity contribution in [1.82, 2.24) is 0 Å². The van der Waals surface area contributed by atoms with E-state index in [1.807, 2.05) is 18.2 Å². The van der Waals surface area contributed by atoms with Crippen molar-refractivity contribution in [3.63, 3.8) is 0 Å². The highest BCUT2D eigenvalue weighted by atomic mass is 79.9. The summed E-state index contributed by atoms with van der Waals surface area (Å²) >= 11 is 3.35. The summed E-state index contributed by atoms with van der Waals surface area (Å²) in [6, 6.07) is 5.71. The van der Waals surface area contributed by atoms with Crippen LogP contribution in [0.15, 0.2) is 22.7 Å². The molecule has 0 aromatic heterocycles. The van der Waals surface area contributed by atoms with Gasteiger partial charge in [-0.15, -0.1) is 0 Å². The fourth-order valence-corrected chi connectivity index (χ4v) is 2.09. The van der Waals surface area contributed by atoms with Gasteiger partial charge in [0.05, 0.1) is 17.0 Å². The van der Waals surface area contributed by atoms with E-state index < -0.39 is 5.60 Å². The van der Waals surface area contributed by atoms with E-state index in [1.165, 1.54) is 0 Å². The number of rotatable bonds is 3. The smallest absolute Gasteiger partial charge is 0.0819 e. The normalized spacial score (nSPS) is 18.3. The fraction of sp³-hybridized carbons (Fsp3) is 0.455. The summed E-state index contributed by atoms with van der Waals surface area (Å²) in [5, 5.41) is 13.1. The van der Waals surface area contributed by atoms with Crippen LogP contribution in [0.3, 0.4) is 0 Å². The minimum Gasteiger partial charge on any atom is -0.397 e. The molecule has 0 heterocycles. The van der Waals surface area contributed by atoms with Gasteiger partial charge in [0, 0.05) is 11.0 Å². The quantitative estimate of drug-likeness (QED) is 0.740. The van der Waals surface area contributed by atoms with E-state index in [0.29, 0.717) is 12.2 Å². The Morgan fingerprint density at radius 3 is 2.73 bits per heavy atom. The van der Waals surface area contributed by atoms with Crippen LogP contribution in [0.25, 0.3) is 0 Å². The molecule has 4 heteroatoms. The van der Waals surface area contributed by atoms with E-state index >= 15 is 0 Å². The Hall–Kier alpha value is -0.740. The molecule has 0 aliphatic heterocycles. The second-order valence-corrected chi connectivity index (χ2v) is 5.08. The number of nitrogens with one attached hydrogen (secondary N) is 1. The molecule has 82 valence electrons. The van der Waals surface area contributed by atoms with Crippen LogP contribution in [-0.2, 0) is 0 Å². The Balaban J connectivity index is 1.98. The van der Waals surface area contributed by atoms with Gasteiger partial charge in [0.25, 0.3) is 0 Å². The predicted octanol–water partition coefficient (Wildman–Crippen LogP) is 2.36. The lowest BCUT2D eigenvalue weighted by molar-refractivity contribution is -0.0201. The molecule has 1 fully saturated rings. The summed E-state index contributed by atoms with van der Waals surface area (Å²) < 4.78 is 0.966. The topological polar surface area (TPSA) is 58.3 Å². The van der Waals surface area contributed by atoms with Gasteiger partial charge >= 0.3 is 0 Å². The maximum Gasteiger partial charge on any atom is 0.0819 e. The summed E-state index contributed by atoms with van der Waals surface area (Å²) in [6.45, 7) is 0.582. The lowest BCUT2D eigenvalue weighted by Crippen LogP contribution is -2.43. The first-order valence-electron chi connectivity index (χ1n) is 5.10. The number of halogens is 1. The van der Waals surface area contributed by atoms with E-state index in [1.54, 1.807) is 0 Å².